The summed E-state index contributed by atoms with van der Waals surface area (Å²) in [4.78, 5) is 29.7. The Morgan fingerprint density at radius 1 is 1.15 bits per heavy atom. The summed E-state index contributed by atoms with van der Waals surface area (Å²) < 4.78 is 33.2. The molecule has 2 fully saturated rings. The number of sulfonamides is 1. The van der Waals surface area contributed by atoms with Gasteiger partial charge in [0.2, 0.25) is 15.9 Å². The Morgan fingerprint density at radius 3 is 2.73 bits per heavy atom. The minimum Gasteiger partial charge on any atom is -0.480 e. The fourth-order valence-corrected chi connectivity index (χ4v) is 7.48. The predicted molar refractivity (Wildman–Crippen MR) is 149 cm³/mol. The molecule has 2 aliphatic heterocycles. The third-order valence-corrected chi connectivity index (χ3v) is 10.1. The van der Waals surface area contributed by atoms with Crippen LogP contribution < -0.4 is 10.6 Å². The summed E-state index contributed by atoms with van der Waals surface area (Å²) in [5.74, 6) is -0.159. The molecule has 1 saturated carbocycles. The van der Waals surface area contributed by atoms with E-state index in [4.69, 9.17) is 9.72 Å². The summed E-state index contributed by atoms with van der Waals surface area (Å²) in [6, 6.07) is 10.2. The second kappa shape index (κ2) is 12.7. The van der Waals surface area contributed by atoms with Crippen LogP contribution in [-0.4, -0.2) is 72.6 Å². The van der Waals surface area contributed by atoms with Crippen molar-refractivity contribution in [3.63, 3.8) is 0 Å². The molecule has 3 aliphatic rings. The summed E-state index contributed by atoms with van der Waals surface area (Å²) in [6.07, 6.45) is 7.16. The molecular formula is C29H38N4O6S. The van der Waals surface area contributed by atoms with Gasteiger partial charge in [0.05, 0.1) is 11.0 Å². The number of aromatic nitrogens is 1. The maximum atomic E-state index is 13.1. The highest BCUT2D eigenvalue weighted by Crippen LogP contribution is 2.34. The van der Waals surface area contributed by atoms with E-state index in [1.807, 2.05) is 0 Å². The highest BCUT2D eigenvalue weighted by molar-refractivity contribution is 7.89. The van der Waals surface area contributed by atoms with Gasteiger partial charge >= 0.3 is 5.97 Å². The number of carbonyl (C=O) groups excluding carboxylic acids is 1. The zero-order chi connectivity index (χ0) is 28.1. The fourth-order valence-electron chi connectivity index (χ4n) is 5.80. The minimum atomic E-state index is -3.85. The van der Waals surface area contributed by atoms with Crippen molar-refractivity contribution in [2.45, 2.75) is 80.9 Å². The number of carboxylic acids is 1. The van der Waals surface area contributed by atoms with Crippen molar-refractivity contribution < 1.29 is 27.9 Å². The second-order valence-electron chi connectivity index (χ2n) is 11.0. The van der Waals surface area contributed by atoms with Crippen molar-refractivity contribution in [2.75, 3.05) is 25.0 Å². The van der Waals surface area contributed by atoms with Gasteiger partial charge in [-0.05, 0) is 81.0 Å². The number of carboxylic acid groups (broad SMARTS) is 1. The van der Waals surface area contributed by atoms with Crippen molar-refractivity contribution in [1.29, 1.82) is 0 Å². The third kappa shape index (κ3) is 6.64. The van der Waals surface area contributed by atoms with E-state index in [1.165, 1.54) is 22.0 Å². The van der Waals surface area contributed by atoms with Gasteiger partial charge in [0.1, 0.15) is 17.9 Å². The van der Waals surface area contributed by atoms with Gasteiger partial charge in [-0.15, -0.1) is 0 Å². The molecule has 1 amide bonds. The number of hydrogen-bond donors (Lipinski definition) is 3. The molecule has 2 aromatic rings. The number of nitrogens with zero attached hydrogens (tertiary/aromatic N) is 2. The predicted octanol–water partition coefficient (Wildman–Crippen LogP) is 2.98. The summed E-state index contributed by atoms with van der Waals surface area (Å²) >= 11 is 0. The Kier molecular flexibility index (Phi) is 9.02. The molecule has 3 N–H and O–H groups in total. The number of pyridine rings is 1. The second-order valence-corrected chi connectivity index (χ2v) is 12.9. The normalized spacial score (nSPS) is 23.4. The van der Waals surface area contributed by atoms with Crippen LogP contribution in [0.3, 0.4) is 0 Å². The van der Waals surface area contributed by atoms with Gasteiger partial charge in [-0.3, -0.25) is 4.79 Å². The number of benzene rings is 1. The molecule has 10 nitrogen and oxygen atoms in total. The number of carbonyl (C=O) groups is 2. The Hall–Kier alpha value is -3.02. The largest absolute Gasteiger partial charge is 0.480 e. The number of aryl methyl sites for hydroxylation is 2. The standard InChI is InChI=1S/C29H38N4O6S/c34-28(26-9-5-16-33(26)40(37,38)24-7-2-1-3-8-24)32-25(29(35)36)14-17-39-23-18-20(19-23)10-12-22-13-11-21-6-4-15-30-27(21)31-22/h1-3,7-8,11,13,20,23,25-26H,4-6,9-10,12,14-19H2,(H,30,31)(H,32,34)(H,35,36). The molecule has 2 atom stereocenters. The fraction of sp³-hybridized carbons (Fsp3) is 0.552. The number of rotatable bonds is 12. The highest BCUT2D eigenvalue weighted by Gasteiger charge is 2.40. The van der Waals surface area contributed by atoms with E-state index in [0.717, 1.165) is 56.6 Å². The van der Waals surface area contributed by atoms with Crippen molar-refractivity contribution in [2.24, 2.45) is 5.92 Å². The number of nitrogens with one attached hydrogen (secondary N) is 2. The average Bonchev–Trinajstić information content (AvgIpc) is 3.45. The maximum absolute atomic E-state index is 13.1. The van der Waals surface area contributed by atoms with E-state index in [9.17, 15) is 23.1 Å². The Morgan fingerprint density at radius 2 is 1.95 bits per heavy atom. The quantitative estimate of drug-likeness (QED) is 0.354. The molecule has 1 aliphatic carbocycles. The molecule has 11 heteroatoms. The molecular weight excluding hydrogens is 532 g/mol. The summed E-state index contributed by atoms with van der Waals surface area (Å²) in [7, 11) is -3.85. The van der Waals surface area contributed by atoms with Crippen LogP contribution in [0.15, 0.2) is 47.4 Å². The lowest BCUT2D eigenvalue weighted by atomic mass is 9.79. The first kappa shape index (κ1) is 28.5. The van der Waals surface area contributed by atoms with Gasteiger partial charge in [-0.25, -0.2) is 18.2 Å². The zero-order valence-corrected chi connectivity index (χ0v) is 23.4. The number of hydrogen-bond acceptors (Lipinski definition) is 7. The summed E-state index contributed by atoms with van der Waals surface area (Å²) in [5.41, 5.74) is 2.40. The van der Waals surface area contributed by atoms with E-state index >= 15 is 0 Å². The number of ether oxygens (including phenoxy) is 1. The maximum Gasteiger partial charge on any atom is 0.326 e. The molecule has 1 saturated heterocycles. The Labute approximate surface area is 235 Å². The summed E-state index contributed by atoms with van der Waals surface area (Å²) in [5, 5.41) is 15.6. The lowest BCUT2D eigenvalue weighted by molar-refractivity contribution is -0.143. The first-order valence-corrected chi connectivity index (χ1v) is 15.7. The minimum absolute atomic E-state index is 0.0923. The molecule has 0 radical (unpaired) electrons. The van der Waals surface area contributed by atoms with Crippen molar-refractivity contribution in [3.05, 3.63) is 53.7 Å². The molecule has 0 bridgehead atoms. The van der Waals surface area contributed by atoms with Crippen molar-refractivity contribution in [1.82, 2.24) is 14.6 Å². The van der Waals surface area contributed by atoms with Gasteiger partial charge in [0.25, 0.3) is 0 Å². The smallest absolute Gasteiger partial charge is 0.326 e. The van der Waals surface area contributed by atoms with E-state index in [0.29, 0.717) is 18.8 Å². The van der Waals surface area contributed by atoms with E-state index < -0.39 is 34.0 Å². The number of fused-ring (bicyclic) bond motifs is 1. The van der Waals surface area contributed by atoms with Crippen LogP contribution in [0.1, 0.15) is 56.2 Å². The third-order valence-electron chi connectivity index (χ3n) is 8.18. The molecule has 216 valence electrons. The van der Waals surface area contributed by atoms with Gasteiger partial charge < -0.3 is 20.5 Å². The molecule has 3 heterocycles. The first-order valence-electron chi connectivity index (χ1n) is 14.3. The van der Waals surface area contributed by atoms with Crippen LogP contribution in [0.5, 0.6) is 0 Å². The van der Waals surface area contributed by atoms with E-state index in [1.54, 1.807) is 18.2 Å². The van der Waals surface area contributed by atoms with Crippen LogP contribution in [-0.2, 0) is 37.2 Å². The van der Waals surface area contributed by atoms with Crippen LogP contribution in [0.2, 0.25) is 0 Å². The van der Waals surface area contributed by atoms with Gasteiger partial charge in [-0.1, -0.05) is 24.3 Å². The zero-order valence-electron chi connectivity index (χ0n) is 22.6. The molecule has 5 rings (SSSR count). The number of amides is 1. The Balaban J connectivity index is 1.04. The summed E-state index contributed by atoms with van der Waals surface area (Å²) in [6.45, 7) is 1.41. The van der Waals surface area contributed by atoms with Gasteiger partial charge in [0.15, 0.2) is 0 Å². The van der Waals surface area contributed by atoms with Gasteiger partial charge in [-0.2, -0.15) is 4.31 Å². The molecule has 1 aromatic carbocycles. The molecule has 2 unspecified atom stereocenters. The highest BCUT2D eigenvalue weighted by atomic mass is 32.2. The number of aliphatic carboxylic acids is 1. The molecule has 0 spiro atoms. The van der Waals surface area contributed by atoms with Crippen LogP contribution in [0.25, 0.3) is 0 Å². The molecule has 1 aromatic heterocycles. The van der Waals surface area contributed by atoms with Crippen LogP contribution >= 0.6 is 0 Å². The average molecular weight is 571 g/mol. The van der Waals surface area contributed by atoms with E-state index in [-0.39, 0.29) is 30.6 Å². The van der Waals surface area contributed by atoms with E-state index in [2.05, 4.69) is 22.8 Å². The topological polar surface area (TPSA) is 138 Å². The lowest BCUT2D eigenvalue weighted by Gasteiger charge is -2.35. The monoisotopic (exact) mass is 570 g/mol. The van der Waals surface area contributed by atoms with Gasteiger partial charge in [0, 0.05) is 31.8 Å². The van der Waals surface area contributed by atoms with Crippen LogP contribution in [0.4, 0.5) is 5.82 Å². The first-order chi connectivity index (χ1) is 19.3. The molecule has 40 heavy (non-hydrogen) atoms. The Bertz CT molecular complexity index is 1300. The lowest BCUT2D eigenvalue weighted by Crippen LogP contribution is -2.51. The van der Waals surface area contributed by atoms with Crippen molar-refractivity contribution >= 4 is 27.7 Å². The SMILES string of the molecule is O=C(O)C(CCOC1CC(CCc2ccc3c(n2)NCCC3)C1)NC(=O)C1CCCN1S(=O)(=O)c1ccccc1. The number of anilines is 1. The van der Waals surface area contributed by atoms with Crippen LogP contribution in [0, 0.1) is 5.92 Å². The van der Waals surface area contributed by atoms with Crippen molar-refractivity contribution in [3.8, 4) is 0 Å².